The molecular weight excluding hydrogens is 396 g/mol. The van der Waals surface area contributed by atoms with Crippen LogP contribution >= 0.6 is 11.3 Å². The molecule has 2 heterocycles. The average molecular weight is 410 g/mol. The van der Waals surface area contributed by atoms with E-state index >= 15 is 0 Å². The van der Waals surface area contributed by atoms with Gasteiger partial charge in [0.05, 0.1) is 17.6 Å². The highest BCUT2D eigenvalue weighted by molar-refractivity contribution is 7.86. The van der Waals surface area contributed by atoms with Crippen LogP contribution in [0.25, 0.3) is 22.0 Å². The van der Waals surface area contributed by atoms with Crippen molar-refractivity contribution in [3.63, 3.8) is 0 Å². The van der Waals surface area contributed by atoms with E-state index in [1.54, 1.807) is 47.9 Å². The molecular formula is C19H14N4O3S2. The second-order valence-corrected chi connectivity index (χ2v) is 8.11. The molecule has 0 radical (unpaired) electrons. The molecule has 140 valence electrons. The van der Waals surface area contributed by atoms with Crippen LogP contribution in [0.1, 0.15) is 0 Å². The van der Waals surface area contributed by atoms with Crippen LogP contribution in [0, 0.1) is 0 Å². The summed E-state index contributed by atoms with van der Waals surface area (Å²) in [6, 6.07) is 13.4. The Balaban J connectivity index is 1.74. The monoisotopic (exact) mass is 410 g/mol. The molecule has 0 saturated carbocycles. The number of nitrogen functional groups attached to an aromatic ring is 1. The van der Waals surface area contributed by atoms with E-state index in [0.29, 0.717) is 16.5 Å². The molecule has 0 atom stereocenters. The zero-order valence-electron chi connectivity index (χ0n) is 14.4. The van der Waals surface area contributed by atoms with E-state index in [2.05, 4.69) is 15.2 Å². The summed E-state index contributed by atoms with van der Waals surface area (Å²) >= 11 is 1.59. The lowest BCUT2D eigenvalue weighted by Crippen LogP contribution is -2.01. The molecule has 0 aliphatic carbocycles. The maximum Gasteiger partial charge on any atom is 0.295 e. The predicted molar refractivity (Wildman–Crippen MR) is 110 cm³/mol. The summed E-state index contributed by atoms with van der Waals surface area (Å²) in [6.45, 7) is 0. The number of hydrogen-bond acceptors (Lipinski definition) is 7. The SMILES string of the molecule is Nc1c(N=Nc2ccc(-c3ccsc3)nc2)cc(S(=O)(=O)O)c2ccccc12. The summed E-state index contributed by atoms with van der Waals surface area (Å²) in [5, 5.41) is 12.9. The van der Waals surface area contributed by atoms with Gasteiger partial charge in [0.1, 0.15) is 16.3 Å². The van der Waals surface area contributed by atoms with Crippen LogP contribution in [0.2, 0.25) is 0 Å². The summed E-state index contributed by atoms with van der Waals surface area (Å²) in [4.78, 5) is 4.08. The summed E-state index contributed by atoms with van der Waals surface area (Å²) in [6.07, 6.45) is 1.57. The van der Waals surface area contributed by atoms with Gasteiger partial charge in [-0.15, -0.1) is 10.2 Å². The number of rotatable bonds is 4. The average Bonchev–Trinajstić information content (AvgIpc) is 3.22. The van der Waals surface area contributed by atoms with Crippen molar-refractivity contribution in [1.29, 1.82) is 0 Å². The molecule has 7 nitrogen and oxygen atoms in total. The van der Waals surface area contributed by atoms with E-state index in [1.165, 1.54) is 6.07 Å². The molecule has 0 aliphatic heterocycles. The van der Waals surface area contributed by atoms with Crippen LogP contribution in [0.5, 0.6) is 0 Å². The van der Waals surface area contributed by atoms with Gasteiger partial charge in [-0.25, -0.2) is 0 Å². The quantitative estimate of drug-likeness (QED) is 0.272. The smallest absolute Gasteiger partial charge is 0.295 e. The largest absolute Gasteiger partial charge is 0.396 e. The lowest BCUT2D eigenvalue weighted by molar-refractivity contribution is 0.484. The number of azo groups is 1. The summed E-state index contributed by atoms with van der Waals surface area (Å²) in [7, 11) is -4.45. The predicted octanol–water partition coefficient (Wildman–Crippen LogP) is 5.21. The first-order chi connectivity index (χ1) is 13.4. The molecule has 9 heteroatoms. The first-order valence-corrected chi connectivity index (χ1v) is 10.5. The van der Waals surface area contributed by atoms with Gasteiger partial charge >= 0.3 is 0 Å². The Morgan fingerprint density at radius 2 is 1.82 bits per heavy atom. The van der Waals surface area contributed by atoms with Crippen molar-refractivity contribution in [3.05, 3.63) is 65.5 Å². The number of nitrogens with two attached hydrogens (primary N) is 1. The Kier molecular flexibility index (Phi) is 4.63. The van der Waals surface area contributed by atoms with Gasteiger partial charge in [0.15, 0.2) is 0 Å². The van der Waals surface area contributed by atoms with E-state index < -0.39 is 10.1 Å². The summed E-state index contributed by atoms with van der Waals surface area (Å²) < 4.78 is 33.1. The Labute approximate surface area is 165 Å². The molecule has 3 N–H and O–H groups in total. The zero-order valence-corrected chi connectivity index (χ0v) is 16.0. The van der Waals surface area contributed by atoms with E-state index in [9.17, 15) is 13.0 Å². The number of aromatic nitrogens is 1. The molecule has 2 aromatic heterocycles. The minimum Gasteiger partial charge on any atom is -0.396 e. The molecule has 0 aliphatic rings. The van der Waals surface area contributed by atoms with Crippen LogP contribution in [0.15, 0.2) is 80.6 Å². The molecule has 4 rings (SSSR count). The van der Waals surface area contributed by atoms with Crippen LogP contribution in [0.3, 0.4) is 0 Å². The Morgan fingerprint density at radius 3 is 2.46 bits per heavy atom. The van der Waals surface area contributed by atoms with Gasteiger partial charge in [-0.3, -0.25) is 9.54 Å². The molecule has 0 amide bonds. The van der Waals surface area contributed by atoms with Gasteiger partial charge in [0.2, 0.25) is 0 Å². The number of benzene rings is 2. The second-order valence-electron chi connectivity index (χ2n) is 5.94. The minimum absolute atomic E-state index is 0.147. The minimum atomic E-state index is -4.45. The number of nitrogens with zero attached hydrogens (tertiary/aromatic N) is 3. The molecule has 0 saturated heterocycles. The van der Waals surface area contributed by atoms with Crippen LogP contribution < -0.4 is 5.73 Å². The Morgan fingerprint density at radius 1 is 1.04 bits per heavy atom. The fourth-order valence-corrected chi connectivity index (χ4v) is 4.15. The molecule has 0 spiro atoms. The van der Waals surface area contributed by atoms with Gasteiger partial charge in [0.25, 0.3) is 10.1 Å². The summed E-state index contributed by atoms with van der Waals surface area (Å²) in [5.74, 6) is 0. The van der Waals surface area contributed by atoms with Crippen molar-refractivity contribution in [3.8, 4) is 11.3 Å². The topological polar surface area (TPSA) is 118 Å². The Bertz CT molecular complexity index is 1280. The number of anilines is 1. The summed E-state index contributed by atoms with van der Waals surface area (Å²) in [5.41, 5.74) is 8.88. The van der Waals surface area contributed by atoms with Gasteiger partial charge in [-0.05, 0) is 29.6 Å². The molecule has 0 bridgehead atoms. The van der Waals surface area contributed by atoms with Crippen LogP contribution in [0.4, 0.5) is 17.1 Å². The van der Waals surface area contributed by atoms with Gasteiger partial charge in [0, 0.05) is 21.7 Å². The number of pyridine rings is 1. The highest BCUT2D eigenvalue weighted by Gasteiger charge is 2.18. The van der Waals surface area contributed by atoms with Crippen molar-refractivity contribution in [2.45, 2.75) is 4.90 Å². The van der Waals surface area contributed by atoms with Crippen molar-refractivity contribution in [2.24, 2.45) is 10.2 Å². The fourth-order valence-electron chi connectivity index (χ4n) is 2.78. The van der Waals surface area contributed by atoms with Crippen molar-refractivity contribution in [2.75, 3.05) is 5.73 Å². The van der Waals surface area contributed by atoms with Crippen LogP contribution in [-0.4, -0.2) is 18.0 Å². The number of hydrogen-bond donors (Lipinski definition) is 2. The Hall–Kier alpha value is -3.14. The van der Waals surface area contributed by atoms with Gasteiger partial charge in [-0.1, -0.05) is 24.3 Å². The normalized spacial score (nSPS) is 12.0. The van der Waals surface area contributed by atoms with E-state index in [1.807, 2.05) is 22.9 Å². The molecule has 4 aromatic rings. The fraction of sp³-hybridized carbons (Fsp3) is 0. The second kappa shape index (κ2) is 7.12. The van der Waals surface area contributed by atoms with E-state index in [0.717, 1.165) is 11.3 Å². The maximum absolute atomic E-state index is 11.8. The third-order valence-electron chi connectivity index (χ3n) is 4.14. The number of thiophene rings is 1. The van der Waals surface area contributed by atoms with Crippen molar-refractivity contribution >= 4 is 49.3 Å². The first-order valence-electron chi connectivity index (χ1n) is 8.12. The first kappa shape index (κ1) is 18.2. The van der Waals surface area contributed by atoms with Gasteiger partial charge in [-0.2, -0.15) is 19.8 Å². The highest BCUT2D eigenvalue weighted by Crippen LogP contribution is 2.36. The van der Waals surface area contributed by atoms with Crippen molar-refractivity contribution in [1.82, 2.24) is 4.98 Å². The lowest BCUT2D eigenvalue weighted by Gasteiger charge is -2.09. The van der Waals surface area contributed by atoms with Crippen LogP contribution in [-0.2, 0) is 10.1 Å². The highest BCUT2D eigenvalue weighted by atomic mass is 32.2. The zero-order chi connectivity index (χ0) is 19.7. The van der Waals surface area contributed by atoms with Gasteiger partial charge < -0.3 is 5.73 Å². The molecule has 2 aromatic carbocycles. The lowest BCUT2D eigenvalue weighted by atomic mass is 10.1. The molecule has 28 heavy (non-hydrogen) atoms. The molecule has 0 unspecified atom stereocenters. The van der Waals surface area contributed by atoms with E-state index in [-0.39, 0.29) is 16.3 Å². The molecule has 0 fully saturated rings. The standard InChI is InChI=1S/C19H14N4O3S2/c20-19-15-4-2-1-3-14(15)18(28(24,25)26)9-17(19)23-22-13-5-6-16(21-10-13)12-7-8-27-11-12/h1-11H,20H2,(H,24,25,26). The maximum atomic E-state index is 11.8. The number of fused-ring (bicyclic) bond motifs is 1. The van der Waals surface area contributed by atoms with E-state index in [4.69, 9.17) is 5.73 Å². The third kappa shape index (κ3) is 3.50. The third-order valence-corrected chi connectivity index (χ3v) is 5.72. The van der Waals surface area contributed by atoms with Crippen molar-refractivity contribution < 1.29 is 13.0 Å².